The second-order valence-corrected chi connectivity index (χ2v) is 4.42. The fraction of sp³-hybridized carbons (Fsp3) is 0.250. The summed E-state index contributed by atoms with van der Waals surface area (Å²) in [5.41, 5.74) is 1.49. The minimum absolute atomic E-state index is 0.135. The molecule has 6 heteroatoms. The van der Waals surface area contributed by atoms with Gasteiger partial charge < -0.3 is 0 Å². The van der Waals surface area contributed by atoms with E-state index in [-0.39, 0.29) is 6.61 Å². The van der Waals surface area contributed by atoms with Gasteiger partial charge in [0.25, 0.3) is 0 Å². The Morgan fingerprint density at radius 1 is 1.50 bits per heavy atom. The van der Waals surface area contributed by atoms with E-state index in [0.717, 1.165) is 5.56 Å². The van der Waals surface area contributed by atoms with Crippen LogP contribution in [0.2, 0.25) is 5.02 Å². The molecule has 0 atom stereocenters. The summed E-state index contributed by atoms with van der Waals surface area (Å²) in [6.07, 6.45) is 0. The van der Waals surface area contributed by atoms with Gasteiger partial charge in [0.2, 0.25) is 0 Å². The second-order valence-electron chi connectivity index (χ2n) is 2.79. The summed E-state index contributed by atoms with van der Waals surface area (Å²) in [7, 11) is -3.91. The molecule has 0 saturated heterocycles. The highest BCUT2D eigenvalue weighted by Gasteiger charge is 2.08. The van der Waals surface area contributed by atoms with E-state index in [9.17, 15) is 8.42 Å². The second kappa shape index (κ2) is 4.27. The maximum absolute atomic E-state index is 10.5. The molecule has 1 rings (SSSR count). The van der Waals surface area contributed by atoms with Crippen LogP contribution in [-0.4, -0.2) is 8.42 Å². The number of nitrogens with two attached hydrogens (primary N) is 1. The Hall–Kier alpha value is -0.620. The molecule has 14 heavy (non-hydrogen) atoms. The maximum Gasteiger partial charge on any atom is 0.333 e. The van der Waals surface area contributed by atoms with E-state index in [2.05, 4.69) is 4.18 Å². The third kappa shape index (κ3) is 3.26. The molecular weight excluding hydrogens is 226 g/mol. The van der Waals surface area contributed by atoms with Gasteiger partial charge in [-0.15, -0.1) is 0 Å². The number of aryl methyl sites for hydroxylation is 1. The Balaban J connectivity index is 2.87. The molecule has 0 radical (unpaired) electrons. The van der Waals surface area contributed by atoms with Crippen molar-refractivity contribution < 1.29 is 12.6 Å². The van der Waals surface area contributed by atoms with E-state index in [1.807, 2.05) is 13.0 Å². The van der Waals surface area contributed by atoms with E-state index in [1.54, 1.807) is 12.1 Å². The van der Waals surface area contributed by atoms with Gasteiger partial charge in [0.15, 0.2) is 0 Å². The highest BCUT2D eigenvalue weighted by Crippen LogP contribution is 2.20. The van der Waals surface area contributed by atoms with Crippen molar-refractivity contribution in [1.29, 1.82) is 0 Å². The third-order valence-electron chi connectivity index (χ3n) is 1.72. The minimum atomic E-state index is -3.91. The molecule has 1 aromatic carbocycles. The van der Waals surface area contributed by atoms with Gasteiger partial charge in [-0.25, -0.2) is 5.14 Å². The lowest BCUT2D eigenvalue weighted by atomic mass is 10.1. The van der Waals surface area contributed by atoms with Crippen molar-refractivity contribution in [2.45, 2.75) is 13.5 Å². The maximum atomic E-state index is 10.5. The smallest absolute Gasteiger partial charge is 0.253 e. The molecule has 2 N–H and O–H groups in total. The zero-order valence-corrected chi connectivity index (χ0v) is 9.10. The molecule has 0 heterocycles. The van der Waals surface area contributed by atoms with Crippen LogP contribution in [0.25, 0.3) is 0 Å². The summed E-state index contributed by atoms with van der Waals surface area (Å²) in [5.74, 6) is 0. The van der Waals surface area contributed by atoms with Crippen LogP contribution in [0.4, 0.5) is 0 Å². The summed E-state index contributed by atoms with van der Waals surface area (Å²) in [6, 6.07) is 5.25. The predicted octanol–water partition coefficient (Wildman–Crippen LogP) is 1.37. The minimum Gasteiger partial charge on any atom is -0.253 e. The van der Waals surface area contributed by atoms with Crippen molar-refractivity contribution in [3.05, 3.63) is 34.3 Å². The van der Waals surface area contributed by atoms with Crippen molar-refractivity contribution in [2.24, 2.45) is 5.14 Å². The van der Waals surface area contributed by atoms with Gasteiger partial charge in [-0.1, -0.05) is 23.7 Å². The number of hydrogen-bond acceptors (Lipinski definition) is 3. The summed E-state index contributed by atoms with van der Waals surface area (Å²) in [6.45, 7) is 1.68. The third-order valence-corrected chi connectivity index (χ3v) is 2.52. The Kier molecular flexibility index (Phi) is 3.49. The fourth-order valence-corrected chi connectivity index (χ4v) is 1.55. The largest absolute Gasteiger partial charge is 0.333 e. The molecular formula is C8H10ClNO3S. The van der Waals surface area contributed by atoms with Crippen LogP contribution in [0, 0.1) is 6.92 Å². The first kappa shape index (κ1) is 11.5. The summed E-state index contributed by atoms with van der Waals surface area (Å²) >= 11 is 5.84. The fourth-order valence-electron chi connectivity index (χ4n) is 0.990. The molecule has 78 valence electrons. The molecule has 0 bridgehead atoms. The van der Waals surface area contributed by atoms with Crippen LogP contribution >= 0.6 is 11.6 Å². The van der Waals surface area contributed by atoms with Gasteiger partial charge in [0.05, 0.1) is 6.61 Å². The molecule has 0 amide bonds. The Bertz CT molecular complexity index is 410. The monoisotopic (exact) mass is 235 g/mol. The van der Waals surface area contributed by atoms with Crippen LogP contribution in [0.3, 0.4) is 0 Å². The van der Waals surface area contributed by atoms with E-state index in [4.69, 9.17) is 16.7 Å². The molecule has 0 saturated carbocycles. The molecule has 0 aliphatic heterocycles. The quantitative estimate of drug-likeness (QED) is 0.860. The SMILES string of the molecule is Cc1cccc(Cl)c1COS(N)(=O)=O. The Morgan fingerprint density at radius 2 is 2.14 bits per heavy atom. The normalized spacial score (nSPS) is 11.6. The van der Waals surface area contributed by atoms with Gasteiger partial charge in [-0.05, 0) is 18.6 Å². The lowest BCUT2D eigenvalue weighted by molar-refractivity contribution is 0.308. The van der Waals surface area contributed by atoms with Gasteiger partial charge in [0, 0.05) is 10.6 Å². The molecule has 0 aliphatic carbocycles. The van der Waals surface area contributed by atoms with Crippen LogP contribution < -0.4 is 5.14 Å². The predicted molar refractivity (Wildman–Crippen MR) is 54.1 cm³/mol. The van der Waals surface area contributed by atoms with Crippen molar-refractivity contribution in [3.8, 4) is 0 Å². The molecule has 0 spiro atoms. The first-order valence-electron chi connectivity index (χ1n) is 3.81. The Morgan fingerprint density at radius 3 is 2.64 bits per heavy atom. The van der Waals surface area contributed by atoms with E-state index < -0.39 is 10.3 Å². The van der Waals surface area contributed by atoms with Crippen LogP contribution in [0.5, 0.6) is 0 Å². The van der Waals surface area contributed by atoms with Crippen molar-refractivity contribution in [1.82, 2.24) is 0 Å². The van der Waals surface area contributed by atoms with Gasteiger partial charge in [-0.2, -0.15) is 8.42 Å². The summed E-state index contributed by atoms with van der Waals surface area (Å²) in [5, 5.41) is 5.16. The highest BCUT2D eigenvalue weighted by molar-refractivity contribution is 7.84. The van der Waals surface area contributed by atoms with Crippen molar-refractivity contribution in [3.63, 3.8) is 0 Å². The van der Waals surface area contributed by atoms with Gasteiger partial charge in [0.1, 0.15) is 0 Å². The van der Waals surface area contributed by atoms with Crippen LogP contribution in [0.1, 0.15) is 11.1 Å². The van der Waals surface area contributed by atoms with E-state index in [1.165, 1.54) is 0 Å². The first-order valence-corrected chi connectivity index (χ1v) is 5.66. The lowest BCUT2D eigenvalue weighted by Gasteiger charge is -2.06. The molecule has 1 aromatic rings. The summed E-state index contributed by atoms with van der Waals surface area (Å²) < 4.78 is 25.5. The topological polar surface area (TPSA) is 69.4 Å². The molecule has 0 unspecified atom stereocenters. The molecule has 4 nitrogen and oxygen atoms in total. The number of rotatable bonds is 3. The molecule has 0 aliphatic rings. The summed E-state index contributed by atoms with van der Waals surface area (Å²) in [4.78, 5) is 0. The zero-order valence-electron chi connectivity index (χ0n) is 7.53. The number of benzene rings is 1. The van der Waals surface area contributed by atoms with Crippen LogP contribution in [0.15, 0.2) is 18.2 Å². The number of hydrogen-bond donors (Lipinski definition) is 1. The standard InChI is InChI=1S/C8H10ClNO3S/c1-6-3-2-4-8(9)7(6)5-13-14(10,11)12/h2-4H,5H2,1H3,(H2,10,11,12). The average Bonchev–Trinajstić information content (AvgIpc) is 2.01. The zero-order chi connectivity index (χ0) is 10.8. The molecule has 0 fully saturated rings. The Labute approximate surface area is 87.9 Å². The number of halogens is 1. The van der Waals surface area contributed by atoms with E-state index >= 15 is 0 Å². The van der Waals surface area contributed by atoms with Gasteiger partial charge in [-0.3, -0.25) is 4.18 Å². The van der Waals surface area contributed by atoms with Gasteiger partial charge >= 0.3 is 10.3 Å². The van der Waals surface area contributed by atoms with Crippen molar-refractivity contribution in [2.75, 3.05) is 0 Å². The van der Waals surface area contributed by atoms with Crippen LogP contribution in [-0.2, 0) is 21.1 Å². The van der Waals surface area contributed by atoms with Crippen molar-refractivity contribution >= 4 is 21.9 Å². The average molecular weight is 236 g/mol. The highest BCUT2D eigenvalue weighted by atomic mass is 35.5. The first-order chi connectivity index (χ1) is 6.40. The van der Waals surface area contributed by atoms with E-state index in [0.29, 0.717) is 10.6 Å². The molecule has 0 aromatic heterocycles. The lowest BCUT2D eigenvalue weighted by Crippen LogP contribution is -2.15.